The van der Waals surface area contributed by atoms with Gasteiger partial charge in [-0.15, -0.1) is 0 Å². The molecule has 98 valence electrons. The van der Waals surface area contributed by atoms with E-state index in [4.69, 9.17) is 9.47 Å². The topological polar surface area (TPSA) is 64.6 Å². The standard InChI is InChI=1S/C12H21NO4/c1-12(2,3)17-11(15)13-10(7-14)9-5-4-6-16-8-9/h7,9-10H,4-6,8H2,1-3H3,(H,13,15)/t9-,10-/m1/s1. The lowest BCUT2D eigenvalue weighted by atomic mass is 9.95. The molecule has 0 aromatic heterocycles. The van der Waals surface area contributed by atoms with Gasteiger partial charge in [0.15, 0.2) is 0 Å². The van der Waals surface area contributed by atoms with Gasteiger partial charge in [0.05, 0.1) is 12.6 Å². The summed E-state index contributed by atoms with van der Waals surface area (Å²) in [6.45, 7) is 6.60. The molecule has 0 saturated carbocycles. The fraction of sp³-hybridized carbons (Fsp3) is 0.833. The summed E-state index contributed by atoms with van der Waals surface area (Å²) in [5.41, 5.74) is -0.555. The van der Waals surface area contributed by atoms with Crippen molar-refractivity contribution in [3.05, 3.63) is 0 Å². The molecule has 2 atom stereocenters. The molecule has 5 heteroatoms. The number of rotatable bonds is 3. The predicted molar refractivity (Wildman–Crippen MR) is 62.8 cm³/mol. The average Bonchev–Trinajstić information content (AvgIpc) is 2.24. The van der Waals surface area contributed by atoms with Crippen LogP contribution in [0.25, 0.3) is 0 Å². The number of carbonyl (C=O) groups is 2. The SMILES string of the molecule is CC(C)(C)OC(=O)N[C@H](C=O)[C@@H]1CCCOC1. The summed E-state index contributed by atoms with van der Waals surface area (Å²) >= 11 is 0. The first-order valence-corrected chi connectivity index (χ1v) is 5.95. The zero-order valence-electron chi connectivity index (χ0n) is 10.7. The zero-order chi connectivity index (χ0) is 12.9. The van der Waals surface area contributed by atoms with Crippen molar-refractivity contribution in [3.63, 3.8) is 0 Å². The van der Waals surface area contributed by atoms with Crippen LogP contribution in [0.1, 0.15) is 33.6 Å². The molecule has 0 spiro atoms. The van der Waals surface area contributed by atoms with Crippen molar-refractivity contribution in [1.82, 2.24) is 5.32 Å². The van der Waals surface area contributed by atoms with Crippen molar-refractivity contribution in [2.45, 2.75) is 45.3 Å². The molecule has 0 radical (unpaired) electrons. The highest BCUT2D eigenvalue weighted by atomic mass is 16.6. The second-order valence-electron chi connectivity index (χ2n) is 5.29. The molecule has 1 N–H and O–H groups in total. The van der Waals surface area contributed by atoms with E-state index in [1.807, 2.05) is 0 Å². The maximum atomic E-state index is 11.5. The van der Waals surface area contributed by atoms with Crippen LogP contribution in [-0.4, -0.2) is 37.2 Å². The van der Waals surface area contributed by atoms with E-state index in [1.165, 1.54) is 0 Å². The normalized spacial score (nSPS) is 22.6. The van der Waals surface area contributed by atoms with Crippen LogP contribution in [0.5, 0.6) is 0 Å². The maximum Gasteiger partial charge on any atom is 0.408 e. The first kappa shape index (κ1) is 14.0. The van der Waals surface area contributed by atoms with Crippen LogP contribution in [-0.2, 0) is 14.3 Å². The van der Waals surface area contributed by atoms with Gasteiger partial charge < -0.3 is 19.6 Å². The summed E-state index contributed by atoms with van der Waals surface area (Å²) in [4.78, 5) is 22.5. The molecule has 5 nitrogen and oxygen atoms in total. The van der Waals surface area contributed by atoms with E-state index in [0.717, 1.165) is 25.7 Å². The Hall–Kier alpha value is -1.10. The van der Waals surface area contributed by atoms with E-state index in [2.05, 4.69) is 5.32 Å². The Bertz CT molecular complexity index is 266. The van der Waals surface area contributed by atoms with Crippen LogP contribution >= 0.6 is 0 Å². The number of amides is 1. The number of ether oxygens (including phenoxy) is 2. The van der Waals surface area contributed by atoms with Gasteiger partial charge in [-0.1, -0.05) is 0 Å². The van der Waals surface area contributed by atoms with Crippen molar-refractivity contribution < 1.29 is 19.1 Å². The van der Waals surface area contributed by atoms with Gasteiger partial charge in [0.1, 0.15) is 11.9 Å². The third-order valence-corrected chi connectivity index (χ3v) is 2.53. The number of hydrogen-bond donors (Lipinski definition) is 1. The molecular formula is C12H21NO4. The monoisotopic (exact) mass is 243 g/mol. The summed E-state index contributed by atoms with van der Waals surface area (Å²) in [5.74, 6) is 0.0498. The molecule has 17 heavy (non-hydrogen) atoms. The van der Waals surface area contributed by atoms with Crippen molar-refractivity contribution in [1.29, 1.82) is 0 Å². The predicted octanol–water partition coefficient (Wildman–Crippen LogP) is 1.51. The molecule has 1 heterocycles. The number of hydrogen-bond acceptors (Lipinski definition) is 4. The van der Waals surface area contributed by atoms with E-state index in [-0.39, 0.29) is 5.92 Å². The Labute approximate surface area is 102 Å². The van der Waals surface area contributed by atoms with Gasteiger partial charge in [0.25, 0.3) is 0 Å². The van der Waals surface area contributed by atoms with Crippen molar-refractivity contribution in [2.75, 3.05) is 13.2 Å². The van der Waals surface area contributed by atoms with Gasteiger partial charge in [-0.05, 0) is 33.6 Å². The minimum atomic E-state index is -0.555. The number of nitrogens with one attached hydrogen (secondary N) is 1. The van der Waals surface area contributed by atoms with Crippen LogP contribution < -0.4 is 5.32 Å². The molecule has 1 aliphatic heterocycles. The molecule has 1 fully saturated rings. The molecule has 0 unspecified atom stereocenters. The minimum Gasteiger partial charge on any atom is -0.444 e. The Morgan fingerprint density at radius 1 is 1.53 bits per heavy atom. The number of alkyl carbamates (subject to hydrolysis) is 1. The lowest BCUT2D eigenvalue weighted by Gasteiger charge is -2.28. The van der Waals surface area contributed by atoms with E-state index in [1.54, 1.807) is 20.8 Å². The van der Waals surface area contributed by atoms with Crippen molar-refractivity contribution in [3.8, 4) is 0 Å². The summed E-state index contributed by atoms with van der Waals surface area (Å²) in [5, 5.41) is 2.58. The van der Waals surface area contributed by atoms with E-state index < -0.39 is 17.7 Å². The summed E-state index contributed by atoms with van der Waals surface area (Å²) < 4.78 is 10.4. The van der Waals surface area contributed by atoms with E-state index >= 15 is 0 Å². The first-order chi connectivity index (χ1) is 7.92. The summed E-state index contributed by atoms with van der Waals surface area (Å²) in [6, 6.07) is -0.523. The van der Waals surface area contributed by atoms with E-state index in [0.29, 0.717) is 6.61 Å². The van der Waals surface area contributed by atoms with Crippen LogP contribution in [0.3, 0.4) is 0 Å². The second-order valence-corrected chi connectivity index (χ2v) is 5.29. The van der Waals surface area contributed by atoms with Gasteiger partial charge >= 0.3 is 6.09 Å². The fourth-order valence-electron chi connectivity index (χ4n) is 1.76. The quantitative estimate of drug-likeness (QED) is 0.763. The molecule has 0 aromatic rings. The third kappa shape index (κ3) is 5.17. The smallest absolute Gasteiger partial charge is 0.408 e. The number of carbonyl (C=O) groups excluding carboxylic acids is 2. The average molecular weight is 243 g/mol. The Balaban J connectivity index is 2.45. The number of aldehydes is 1. The largest absolute Gasteiger partial charge is 0.444 e. The molecule has 1 rings (SSSR count). The summed E-state index contributed by atoms with van der Waals surface area (Å²) in [6.07, 6.45) is 2.01. The zero-order valence-corrected chi connectivity index (χ0v) is 10.7. The molecular weight excluding hydrogens is 222 g/mol. The van der Waals surface area contributed by atoms with Crippen LogP contribution in [0.4, 0.5) is 4.79 Å². The van der Waals surface area contributed by atoms with Gasteiger partial charge in [-0.2, -0.15) is 0 Å². The maximum absolute atomic E-state index is 11.5. The van der Waals surface area contributed by atoms with Gasteiger partial charge in [0, 0.05) is 12.5 Å². The summed E-state index contributed by atoms with van der Waals surface area (Å²) in [7, 11) is 0. The molecule has 0 bridgehead atoms. The molecule has 0 aromatic carbocycles. The van der Waals surface area contributed by atoms with Crippen LogP contribution in [0.15, 0.2) is 0 Å². The third-order valence-electron chi connectivity index (χ3n) is 2.53. The van der Waals surface area contributed by atoms with Gasteiger partial charge in [-0.3, -0.25) is 0 Å². The fourth-order valence-corrected chi connectivity index (χ4v) is 1.76. The molecule has 1 amide bonds. The highest BCUT2D eigenvalue weighted by Gasteiger charge is 2.27. The molecule has 0 aliphatic carbocycles. The van der Waals surface area contributed by atoms with Crippen molar-refractivity contribution in [2.24, 2.45) is 5.92 Å². The van der Waals surface area contributed by atoms with Crippen LogP contribution in [0, 0.1) is 5.92 Å². The van der Waals surface area contributed by atoms with Crippen molar-refractivity contribution >= 4 is 12.4 Å². The Kier molecular flexibility index (Phi) is 4.93. The van der Waals surface area contributed by atoms with Crippen LogP contribution in [0.2, 0.25) is 0 Å². The molecule has 1 saturated heterocycles. The minimum absolute atomic E-state index is 0.0498. The second kappa shape index (κ2) is 6.00. The molecule has 1 aliphatic rings. The highest BCUT2D eigenvalue weighted by molar-refractivity contribution is 5.73. The first-order valence-electron chi connectivity index (χ1n) is 5.95. The Morgan fingerprint density at radius 2 is 2.24 bits per heavy atom. The van der Waals surface area contributed by atoms with E-state index in [9.17, 15) is 9.59 Å². The van der Waals surface area contributed by atoms with Gasteiger partial charge in [-0.25, -0.2) is 4.79 Å². The lowest BCUT2D eigenvalue weighted by Crippen LogP contribution is -2.46. The Morgan fingerprint density at radius 3 is 2.71 bits per heavy atom. The lowest BCUT2D eigenvalue weighted by molar-refractivity contribution is -0.112. The highest BCUT2D eigenvalue weighted by Crippen LogP contribution is 2.17. The van der Waals surface area contributed by atoms with Gasteiger partial charge in [0.2, 0.25) is 0 Å².